The Morgan fingerprint density at radius 2 is 1.95 bits per heavy atom. The van der Waals surface area contributed by atoms with Gasteiger partial charge in [0, 0.05) is 16.6 Å². The topological polar surface area (TPSA) is 35.2 Å². The zero-order valence-electron chi connectivity index (χ0n) is 11.2. The first-order chi connectivity index (χ1) is 9.11. The van der Waals surface area contributed by atoms with Crippen molar-refractivity contribution in [1.82, 2.24) is 0 Å². The predicted molar refractivity (Wildman–Crippen MR) is 79.8 cm³/mol. The second-order valence-electron chi connectivity index (χ2n) is 4.65. The Bertz CT molecular complexity index is 568. The van der Waals surface area contributed by atoms with Crippen molar-refractivity contribution in [3.05, 3.63) is 64.2 Å². The maximum Gasteiger partial charge on any atom is 0.123 e. The van der Waals surface area contributed by atoms with Crippen LogP contribution in [-0.2, 0) is 6.42 Å². The zero-order chi connectivity index (χ0) is 13.8. The van der Waals surface area contributed by atoms with Crippen LogP contribution in [0.3, 0.4) is 0 Å². The Kier molecular flexibility index (Phi) is 4.46. The summed E-state index contributed by atoms with van der Waals surface area (Å²) in [5.41, 5.74) is 9.50. The van der Waals surface area contributed by atoms with E-state index >= 15 is 0 Å². The van der Waals surface area contributed by atoms with Crippen LogP contribution in [0.4, 0.5) is 0 Å². The summed E-state index contributed by atoms with van der Waals surface area (Å²) in [6.45, 7) is 2.03. The van der Waals surface area contributed by atoms with Crippen LogP contribution in [0.5, 0.6) is 5.75 Å². The first-order valence-corrected chi connectivity index (χ1v) is 6.63. The van der Waals surface area contributed by atoms with Crippen LogP contribution in [-0.4, -0.2) is 7.11 Å². The number of rotatable bonds is 4. The molecule has 0 aliphatic heterocycles. The van der Waals surface area contributed by atoms with Crippen molar-refractivity contribution in [1.29, 1.82) is 0 Å². The van der Waals surface area contributed by atoms with Gasteiger partial charge in [0.05, 0.1) is 7.11 Å². The molecule has 1 unspecified atom stereocenters. The third kappa shape index (κ3) is 3.28. The monoisotopic (exact) mass is 275 g/mol. The van der Waals surface area contributed by atoms with E-state index in [0.717, 1.165) is 27.5 Å². The lowest BCUT2D eigenvalue weighted by Crippen LogP contribution is -2.14. The molecule has 1 atom stereocenters. The molecule has 0 spiro atoms. The molecule has 100 valence electrons. The van der Waals surface area contributed by atoms with Gasteiger partial charge in [-0.2, -0.15) is 0 Å². The van der Waals surface area contributed by atoms with Crippen LogP contribution < -0.4 is 10.5 Å². The minimum atomic E-state index is -0.129. The van der Waals surface area contributed by atoms with Gasteiger partial charge in [0.1, 0.15) is 5.75 Å². The number of nitrogens with two attached hydrogens (primary N) is 1. The number of aryl methyl sites for hydroxylation is 1. The van der Waals surface area contributed by atoms with Gasteiger partial charge in [0.15, 0.2) is 0 Å². The summed E-state index contributed by atoms with van der Waals surface area (Å²) in [7, 11) is 1.67. The molecule has 3 heteroatoms. The van der Waals surface area contributed by atoms with Crippen molar-refractivity contribution in [2.24, 2.45) is 5.73 Å². The third-order valence-corrected chi connectivity index (χ3v) is 3.55. The summed E-state index contributed by atoms with van der Waals surface area (Å²) in [4.78, 5) is 0. The second-order valence-corrected chi connectivity index (χ2v) is 5.05. The van der Waals surface area contributed by atoms with E-state index in [9.17, 15) is 0 Å². The van der Waals surface area contributed by atoms with Crippen LogP contribution >= 0.6 is 11.6 Å². The number of halogens is 1. The Morgan fingerprint density at radius 3 is 2.63 bits per heavy atom. The molecule has 0 amide bonds. The van der Waals surface area contributed by atoms with Crippen molar-refractivity contribution in [2.45, 2.75) is 19.4 Å². The molecule has 0 aliphatic rings. The van der Waals surface area contributed by atoms with Crippen LogP contribution in [0.15, 0.2) is 42.5 Å². The minimum absolute atomic E-state index is 0.129. The molecule has 0 aliphatic carbocycles. The lowest BCUT2D eigenvalue weighted by Gasteiger charge is -2.17. The van der Waals surface area contributed by atoms with Crippen molar-refractivity contribution >= 4 is 11.6 Å². The van der Waals surface area contributed by atoms with Crippen molar-refractivity contribution in [3.8, 4) is 5.75 Å². The Hall–Kier alpha value is -1.51. The Labute approximate surface area is 119 Å². The van der Waals surface area contributed by atoms with Gasteiger partial charge in [-0.1, -0.05) is 41.9 Å². The third-order valence-electron chi connectivity index (χ3n) is 3.19. The molecule has 0 fully saturated rings. The molecule has 2 nitrogen and oxygen atoms in total. The van der Waals surface area contributed by atoms with E-state index < -0.39 is 0 Å². The molecule has 0 radical (unpaired) electrons. The maximum absolute atomic E-state index is 6.28. The van der Waals surface area contributed by atoms with Crippen LogP contribution in [0.2, 0.25) is 5.02 Å². The first-order valence-electron chi connectivity index (χ1n) is 6.25. The number of hydrogen-bond donors (Lipinski definition) is 1. The molecule has 0 bridgehead atoms. The van der Waals surface area contributed by atoms with Crippen LogP contribution in [0, 0.1) is 6.92 Å². The number of hydrogen-bond acceptors (Lipinski definition) is 2. The van der Waals surface area contributed by atoms with E-state index in [1.165, 1.54) is 0 Å². The minimum Gasteiger partial charge on any atom is -0.496 e. The fraction of sp³-hybridized carbons (Fsp3) is 0.250. The number of ether oxygens (including phenoxy) is 1. The number of benzene rings is 2. The first kappa shape index (κ1) is 13.9. The lowest BCUT2D eigenvalue weighted by molar-refractivity contribution is 0.405. The molecular weight excluding hydrogens is 258 g/mol. The molecular formula is C16H18ClNO. The van der Waals surface area contributed by atoms with Gasteiger partial charge >= 0.3 is 0 Å². The molecule has 0 heterocycles. The molecule has 2 aromatic rings. The van der Waals surface area contributed by atoms with Gasteiger partial charge in [0.25, 0.3) is 0 Å². The zero-order valence-corrected chi connectivity index (χ0v) is 11.9. The van der Waals surface area contributed by atoms with Gasteiger partial charge in [-0.05, 0) is 36.6 Å². The smallest absolute Gasteiger partial charge is 0.123 e. The summed E-state index contributed by atoms with van der Waals surface area (Å²) >= 11 is 6.17. The fourth-order valence-electron chi connectivity index (χ4n) is 2.14. The van der Waals surface area contributed by atoms with Gasteiger partial charge < -0.3 is 10.5 Å². The van der Waals surface area contributed by atoms with Crippen LogP contribution in [0.25, 0.3) is 0 Å². The van der Waals surface area contributed by atoms with E-state index in [0.29, 0.717) is 6.42 Å². The van der Waals surface area contributed by atoms with E-state index in [1.54, 1.807) is 7.11 Å². The maximum atomic E-state index is 6.28. The molecule has 19 heavy (non-hydrogen) atoms. The van der Waals surface area contributed by atoms with Crippen molar-refractivity contribution in [3.63, 3.8) is 0 Å². The van der Waals surface area contributed by atoms with Crippen molar-refractivity contribution < 1.29 is 4.74 Å². The summed E-state index contributed by atoms with van der Waals surface area (Å²) in [5.74, 6) is 0.833. The van der Waals surface area contributed by atoms with Gasteiger partial charge in [-0.3, -0.25) is 0 Å². The van der Waals surface area contributed by atoms with Crippen LogP contribution in [0.1, 0.15) is 22.7 Å². The molecule has 2 aromatic carbocycles. The standard InChI is InChI=1S/C16H18ClNO/c1-11-7-8-13(16(9-11)19-2)15(18)10-12-5-3-4-6-14(12)17/h3-9,15H,10,18H2,1-2H3. The largest absolute Gasteiger partial charge is 0.496 e. The fourth-order valence-corrected chi connectivity index (χ4v) is 2.35. The van der Waals surface area contributed by atoms with Gasteiger partial charge in [0.2, 0.25) is 0 Å². The Morgan fingerprint density at radius 1 is 1.21 bits per heavy atom. The normalized spacial score (nSPS) is 12.2. The van der Waals surface area contributed by atoms with E-state index in [1.807, 2.05) is 49.4 Å². The SMILES string of the molecule is COc1cc(C)ccc1C(N)Cc1ccccc1Cl. The quantitative estimate of drug-likeness (QED) is 0.918. The highest BCUT2D eigenvalue weighted by molar-refractivity contribution is 6.31. The van der Waals surface area contributed by atoms with Gasteiger partial charge in [-0.25, -0.2) is 0 Å². The molecule has 2 rings (SSSR count). The lowest BCUT2D eigenvalue weighted by atomic mass is 9.98. The predicted octanol–water partition coefficient (Wildman–Crippen LogP) is 3.90. The van der Waals surface area contributed by atoms with Gasteiger partial charge in [-0.15, -0.1) is 0 Å². The average molecular weight is 276 g/mol. The average Bonchev–Trinajstić information content (AvgIpc) is 2.41. The molecule has 2 N–H and O–H groups in total. The highest BCUT2D eigenvalue weighted by Gasteiger charge is 2.14. The molecule has 0 aromatic heterocycles. The second kappa shape index (κ2) is 6.09. The Balaban J connectivity index is 2.25. The number of methoxy groups -OCH3 is 1. The van der Waals surface area contributed by atoms with E-state index in [4.69, 9.17) is 22.1 Å². The summed E-state index contributed by atoms with van der Waals surface area (Å²) in [5, 5.41) is 0.754. The molecule has 0 saturated carbocycles. The summed E-state index contributed by atoms with van der Waals surface area (Å²) in [6.07, 6.45) is 0.694. The summed E-state index contributed by atoms with van der Waals surface area (Å²) in [6, 6.07) is 13.7. The summed E-state index contributed by atoms with van der Waals surface area (Å²) < 4.78 is 5.40. The van der Waals surface area contributed by atoms with E-state index in [-0.39, 0.29) is 6.04 Å². The highest BCUT2D eigenvalue weighted by atomic mass is 35.5. The van der Waals surface area contributed by atoms with Crippen molar-refractivity contribution in [2.75, 3.05) is 7.11 Å². The van der Waals surface area contributed by atoms with E-state index in [2.05, 4.69) is 0 Å². The molecule has 0 saturated heterocycles. The highest BCUT2D eigenvalue weighted by Crippen LogP contribution is 2.28.